The van der Waals surface area contributed by atoms with Crippen molar-refractivity contribution in [3.8, 4) is 0 Å². The van der Waals surface area contributed by atoms with E-state index < -0.39 is 5.97 Å². The summed E-state index contributed by atoms with van der Waals surface area (Å²) in [4.78, 5) is 24.6. The van der Waals surface area contributed by atoms with Crippen molar-refractivity contribution in [1.82, 2.24) is 5.32 Å². The number of nitrogens with one attached hydrogen (secondary N) is 1. The molecular weight excluding hydrogens is 256 g/mol. The number of benzene rings is 1. The highest BCUT2D eigenvalue weighted by molar-refractivity contribution is 5.92. The topological polar surface area (TPSA) is 69.6 Å². The highest BCUT2D eigenvalue weighted by atomic mass is 16.4. The van der Waals surface area contributed by atoms with Gasteiger partial charge in [-0.05, 0) is 32.4 Å². The van der Waals surface area contributed by atoms with Gasteiger partial charge in [-0.15, -0.1) is 0 Å². The average Bonchev–Trinajstić information content (AvgIpc) is 2.39. The predicted octanol–water partition coefficient (Wildman–Crippen LogP) is 2.87. The van der Waals surface area contributed by atoms with Crippen molar-refractivity contribution in [2.24, 2.45) is 0 Å². The van der Waals surface area contributed by atoms with Crippen molar-refractivity contribution in [3.63, 3.8) is 0 Å². The number of rotatable bonds is 6. The molecule has 0 bridgehead atoms. The molecule has 0 unspecified atom stereocenters. The highest BCUT2D eigenvalue weighted by Crippen LogP contribution is 2.16. The van der Waals surface area contributed by atoms with Crippen LogP contribution in [0.4, 0.5) is 10.5 Å². The normalized spacial score (nSPS) is 10.9. The monoisotopic (exact) mass is 278 g/mol. The molecule has 0 aliphatic rings. The maximum absolute atomic E-state index is 12.4. The molecule has 5 nitrogen and oxygen atoms in total. The van der Waals surface area contributed by atoms with Gasteiger partial charge in [-0.25, -0.2) is 4.79 Å². The van der Waals surface area contributed by atoms with Gasteiger partial charge >= 0.3 is 12.0 Å². The van der Waals surface area contributed by atoms with E-state index >= 15 is 0 Å². The first-order chi connectivity index (χ1) is 9.35. The molecular formula is C15H22N2O3. The molecule has 110 valence electrons. The second kappa shape index (κ2) is 6.93. The number of carbonyl (C=O) groups excluding carboxylic acids is 1. The van der Waals surface area contributed by atoms with Gasteiger partial charge in [0, 0.05) is 17.8 Å². The number of nitrogens with zero attached hydrogens (tertiary/aromatic N) is 1. The Hall–Kier alpha value is -2.04. The minimum absolute atomic E-state index is 0.0884. The number of carbonyl (C=O) groups is 2. The Morgan fingerprint density at radius 3 is 2.35 bits per heavy atom. The zero-order valence-corrected chi connectivity index (χ0v) is 12.2. The van der Waals surface area contributed by atoms with Crippen LogP contribution in [0.1, 0.15) is 33.6 Å². The third-order valence-electron chi connectivity index (χ3n) is 3.19. The van der Waals surface area contributed by atoms with Gasteiger partial charge < -0.3 is 10.4 Å². The van der Waals surface area contributed by atoms with Crippen molar-refractivity contribution in [1.29, 1.82) is 0 Å². The van der Waals surface area contributed by atoms with Crippen LogP contribution in [-0.4, -0.2) is 29.2 Å². The van der Waals surface area contributed by atoms with Gasteiger partial charge in [0.15, 0.2) is 0 Å². The number of hydrogen-bond acceptors (Lipinski definition) is 2. The van der Waals surface area contributed by atoms with Crippen LogP contribution in [-0.2, 0) is 4.79 Å². The van der Waals surface area contributed by atoms with Crippen LogP contribution < -0.4 is 10.2 Å². The molecule has 0 saturated carbocycles. The minimum Gasteiger partial charge on any atom is -0.481 e. The fourth-order valence-corrected chi connectivity index (χ4v) is 1.61. The Bertz CT molecular complexity index is 457. The first-order valence-electron chi connectivity index (χ1n) is 6.72. The van der Waals surface area contributed by atoms with E-state index in [1.807, 2.05) is 39.0 Å². The lowest BCUT2D eigenvalue weighted by Gasteiger charge is -2.30. The van der Waals surface area contributed by atoms with Crippen LogP contribution in [0.25, 0.3) is 0 Å². The van der Waals surface area contributed by atoms with Crippen LogP contribution >= 0.6 is 0 Å². The van der Waals surface area contributed by atoms with Gasteiger partial charge in [0.1, 0.15) is 0 Å². The molecule has 5 heteroatoms. The van der Waals surface area contributed by atoms with Gasteiger partial charge in [0.25, 0.3) is 0 Å². The zero-order valence-electron chi connectivity index (χ0n) is 12.2. The second-order valence-corrected chi connectivity index (χ2v) is 5.30. The minimum atomic E-state index is -0.923. The Balaban J connectivity index is 2.87. The Morgan fingerprint density at radius 2 is 1.85 bits per heavy atom. The van der Waals surface area contributed by atoms with Crippen molar-refractivity contribution >= 4 is 17.7 Å². The molecule has 2 amide bonds. The standard InChI is InChI=1S/C15H22N2O3/c1-4-15(2,3)16-14(20)17(11-10-13(18)19)12-8-6-5-7-9-12/h5-9H,4,10-11H2,1-3H3,(H,16,20)(H,18,19). The van der Waals surface area contributed by atoms with Gasteiger partial charge in [0.2, 0.25) is 0 Å². The predicted molar refractivity (Wildman–Crippen MR) is 78.9 cm³/mol. The lowest BCUT2D eigenvalue weighted by molar-refractivity contribution is -0.136. The van der Waals surface area contributed by atoms with Gasteiger partial charge in [-0.2, -0.15) is 0 Å². The Morgan fingerprint density at radius 1 is 1.25 bits per heavy atom. The molecule has 0 saturated heterocycles. The summed E-state index contributed by atoms with van der Waals surface area (Å²) in [6, 6.07) is 8.81. The van der Waals surface area contributed by atoms with Gasteiger partial charge in [-0.1, -0.05) is 25.1 Å². The van der Waals surface area contributed by atoms with Crippen molar-refractivity contribution in [3.05, 3.63) is 30.3 Å². The van der Waals surface area contributed by atoms with Crippen LogP contribution in [0.5, 0.6) is 0 Å². The maximum atomic E-state index is 12.4. The highest BCUT2D eigenvalue weighted by Gasteiger charge is 2.23. The zero-order chi connectivity index (χ0) is 15.2. The molecule has 1 aromatic carbocycles. The molecule has 0 atom stereocenters. The molecule has 20 heavy (non-hydrogen) atoms. The number of aliphatic carboxylic acids is 1. The van der Waals surface area contributed by atoms with E-state index in [1.54, 1.807) is 12.1 Å². The molecule has 0 spiro atoms. The quantitative estimate of drug-likeness (QED) is 0.840. The molecule has 1 rings (SSSR count). The third kappa shape index (κ3) is 4.91. The molecule has 0 fully saturated rings. The van der Waals surface area contributed by atoms with E-state index in [0.717, 1.165) is 6.42 Å². The molecule has 2 N–H and O–H groups in total. The van der Waals surface area contributed by atoms with Crippen molar-refractivity contribution in [2.75, 3.05) is 11.4 Å². The average molecular weight is 278 g/mol. The number of hydrogen-bond donors (Lipinski definition) is 2. The summed E-state index contributed by atoms with van der Waals surface area (Å²) < 4.78 is 0. The number of carboxylic acids is 1. The lowest BCUT2D eigenvalue weighted by Crippen LogP contribution is -2.50. The lowest BCUT2D eigenvalue weighted by atomic mass is 10.0. The van der Waals surface area contributed by atoms with Crippen LogP contribution in [0.3, 0.4) is 0 Å². The third-order valence-corrected chi connectivity index (χ3v) is 3.19. The number of urea groups is 1. The number of amides is 2. The smallest absolute Gasteiger partial charge is 0.322 e. The first kappa shape index (κ1) is 16.0. The fourth-order valence-electron chi connectivity index (χ4n) is 1.61. The van der Waals surface area contributed by atoms with E-state index in [2.05, 4.69) is 5.32 Å². The maximum Gasteiger partial charge on any atom is 0.322 e. The summed E-state index contributed by atoms with van der Waals surface area (Å²) >= 11 is 0. The molecule has 0 heterocycles. The van der Waals surface area contributed by atoms with Crippen LogP contribution in [0.15, 0.2) is 30.3 Å². The van der Waals surface area contributed by atoms with E-state index in [0.29, 0.717) is 5.69 Å². The SMILES string of the molecule is CCC(C)(C)NC(=O)N(CCC(=O)O)c1ccccc1. The number of carboxylic acid groups (broad SMARTS) is 1. The van der Waals surface area contributed by atoms with Crippen LogP contribution in [0.2, 0.25) is 0 Å². The second-order valence-electron chi connectivity index (χ2n) is 5.30. The summed E-state index contributed by atoms with van der Waals surface area (Å²) in [5, 5.41) is 11.7. The Kier molecular flexibility index (Phi) is 5.55. The van der Waals surface area contributed by atoms with E-state index in [4.69, 9.17) is 5.11 Å². The summed E-state index contributed by atoms with van der Waals surface area (Å²) in [6.45, 7) is 6.01. The van der Waals surface area contributed by atoms with Crippen molar-refractivity contribution < 1.29 is 14.7 Å². The summed E-state index contributed by atoms with van der Waals surface area (Å²) in [6.07, 6.45) is 0.704. The largest absolute Gasteiger partial charge is 0.481 e. The van der Waals surface area contributed by atoms with Gasteiger partial charge in [0.05, 0.1) is 6.42 Å². The van der Waals surface area contributed by atoms with E-state index in [-0.39, 0.29) is 24.5 Å². The molecule has 0 aromatic heterocycles. The molecule has 1 aromatic rings. The fraction of sp³-hybridized carbons (Fsp3) is 0.467. The number of anilines is 1. The molecule has 0 aliphatic heterocycles. The molecule has 0 radical (unpaired) electrons. The van der Waals surface area contributed by atoms with Crippen LogP contribution in [0, 0.1) is 0 Å². The Labute approximate surface area is 119 Å². The summed E-state index contributed by atoms with van der Waals surface area (Å²) in [5.41, 5.74) is 0.367. The molecule has 0 aliphatic carbocycles. The van der Waals surface area contributed by atoms with Gasteiger partial charge in [-0.3, -0.25) is 9.69 Å². The first-order valence-corrected chi connectivity index (χ1v) is 6.72. The summed E-state index contributed by atoms with van der Waals surface area (Å²) in [5.74, 6) is -0.923. The van der Waals surface area contributed by atoms with Crippen molar-refractivity contribution in [2.45, 2.75) is 39.2 Å². The number of para-hydroxylation sites is 1. The van der Waals surface area contributed by atoms with E-state index in [9.17, 15) is 9.59 Å². The van der Waals surface area contributed by atoms with E-state index in [1.165, 1.54) is 4.90 Å². The summed E-state index contributed by atoms with van der Waals surface area (Å²) in [7, 11) is 0.